The number of anilines is 1. The van der Waals surface area contributed by atoms with Crippen molar-refractivity contribution in [1.29, 1.82) is 0 Å². The molecule has 0 atom stereocenters. The van der Waals surface area contributed by atoms with Crippen LogP contribution in [0, 0.1) is 12.3 Å². The lowest BCUT2D eigenvalue weighted by atomic mass is 10.3. The minimum absolute atomic E-state index is 0.0336. The molecule has 0 aliphatic carbocycles. The number of ether oxygens (including phenoxy) is 2. The smallest absolute Gasteiger partial charge is 0.360 e. The molecular weight excluding hydrogens is 314 g/mol. The second-order valence-corrected chi connectivity index (χ2v) is 5.11. The summed E-state index contributed by atoms with van der Waals surface area (Å²) >= 11 is 0. The summed E-state index contributed by atoms with van der Waals surface area (Å²) in [6.45, 7) is 4.84. The van der Waals surface area contributed by atoms with Crippen molar-refractivity contribution < 1.29 is 23.5 Å². The van der Waals surface area contributed by atoms with E-state index in [1.165, 1.54) is 6.26 Å². The van der Waals surface area contributed by atoms with Gasteiger partial charge in [-0.1, -0.05) is 5.92 Å². The Labute approximate surface area is 140 Å². The van der Waals surface area contributed by atoms with Gasteiger partial charge in [-0.25, -0.2) is 4.79 Å². The standard InChI is InChI=1S/C16H21N3O5/c1-3-10-22-11-5-14(20)18-6-8-19(9-7-18)16-17-13(12-24-16)15(21)23-4-2/h1,12H,4-11H2,2H3. The van der Waals surface area contributed by atoms with E-state index in [-0.39, 0.29) is 24.8 Å². The Bertz CT molecular complexity index is 599. The van der Waals surface area contributed by atoms with Crippen molar-refractivity contribution in [2.75, 3.05) is 50.9 Å². The van der Waals surface area contributed by atoms with Crippen LogP contribution >= 0.6 is 0 Å². The maximum absolute atomic E-state index is 12.0. The number of oxazole rings is 1. The van der Waals surface area contributed by atoms with Gasteiger partial charge in [-0.05, 0) is 6.92 Å². The summed E-state index contributed by atoms with van der Waals surface area (Å²) in [5, 5.41) is 0. The SMILES string of the molecule is C#CCOCCC(=O)N1CCN(c2nc(C(=O)OCC)co2)CC1. The van der Waals surface area contributed by atoms with Crippen molar-refractivity contribution in [3.8, 4) is 12.3 Å². The van der Waals surface area contributed by atoms with Gasteiger partial charge in [-0.3, -0.25) is 4.79 Å². The van der Waals surface area contributed by atoms with Gasteiger partial charge in [0.25, 0.3) is 6.01 Å². The summed E-state index contributed by atoms with van der Waals surface area (Å²) in [5.41, 5.74) is 0.149. The molecule has 1 amide bonds. The van der Waals surface area contributed by atoms with Crippen LogP contribution in [-0.4, -0.2) is 67.8 Å². The van der Waals surface area contributed by atoms with E-state index in [1.807, 2.05) is 4.90 Å². The Morgan fingerprint density at radius 1 is 1.38 bits per heavy atom. The number of nitrogens with zero attached hydrogens (tertiary/aromatic N) is 3. The second kappa shape index (κ2) is 8.93. The molecule has 0 unspecified atom stereocenters. The molecule has 0 aromatic carbocycles. The highest BCUT2D eigenvalue weighted by Crippen LogP contribution is 2.16. The number of carbonyl (C=O) groups excluding carboxylic acids is 2. The van der Waals surface area contributed by atoms with Crippen molar-refractivity contribution in [3.05, 3.63) is 12.0 Å². The maximum atomic E-state index is 12.0. The molecule has 1 aromatic rings. The van der Waals surface area contributed by atoms with Crippen LogP contribution in [0.3, 0.4) is 0 Å². The number of piperazine rings is 1. The first-order valence-corrected chi connectivity index (χ1v) is 7.82. The predicted molar refractivity (Wildman–Crippen MR) is 85.5 cm³/mol. The Hall–Kier alpha value is -2.53. The molecule has 8 nitrogen and oxygen atoms in total. The Kier molecular flexibility index (Phi) is 6.63. The van der Waals surface area contributed by atoms with Crippen molar-refractivity contribution in [2.45, 2.75) is 13.3 Å². The molecule has 2 rings (SSSR count). The van der Waals surface area contributed by atoms with Crippen LogP contribution in [0.2, 0.25) is 0 Å². The lowest BCUT2D eigenvalue weighted by Crippen LogP contribution is -2.49. The van der Waals surface area contributed by atoms with Crippen molar-refractivity contribution in [1.82, 2.24) is 9.88 Å². The molecule has 24 heavy (non-hydrogen) atoms. The molecule has 1 saturated heterocycles. The minimum atomic E-state index is -0.506. The number of hydrogen-bond acceptors (Lipinski definition) is 7. The first-order valence-electron chi connectivity index (χ1n) is 7.82. The van der Waals surface area contributed by atoms with E-state index < -0.39 is 5.97 Å². The van der Waals surface area contributed by atoms with E-state index in [0.717, 1.165) is 0 Å². The van der Waals surface area contributed by atoms with Crippen LogP contribution in [0.4, 0.5) is 6.01 Å². The maximum Gasteiger partial charge on any atom is 0.360 e. The van der Waals surface area contributed by atoms with Crippen molar-refractivity contribution in [3.63, 3.8) is 0 Å². The van der Waals surface area contributed by atoms with Gasteiger partial charge in [-0.2, -0.15) is 4.98 Å². The average Bonchev–Trinajstić information content (AvgIpc) is 3.09. The molecule has 1 fully saturated rings. The fraction of sp³-hybridized carbons (Fsp3) is 0.562. The minimum Gasteiger partial charge on any atom is -0.461 e. The molecule has 0 radical (unpaired) electrons. The van der Waals surface area contributed by atoms with E-state index >= 15 is 0 Å². The molecule has 0 spiro atoms. The molecule has 1 aromatic heterocycles. The molecule has 1 aliphatic heterocycles. The summed E-state index contributed by atoms with van der Waals surface area (Å²) in [6, 6.07) is 0.363. The van der Waals surface area contributed by atoms with Gasteiger partial charge in [-0.15, -0.1) is 6.42 Å². The zero-order valence-corrected chi connectivity index (χ0v) is 13.7. The van der Waals surface area contributed by atoms with Crippen LogP contribution in [0.15, 0.2) is 10.7 Å². The van der Waals surface area contributed by atoms with Gasteiger partial charge in [0.15, 0.2) is 5.69 Å². The third kappa shape index (κ3) is 4.73. The van der Waals surface area contributed by atoms with Gasteiger partial charge in [0.2, 0.25) is 5.91 Å². The number of terminal acetylenes is 1. The molecule has 0 bridgehead atoms. The predicted octanol–water partition coefficient (Wildman–Crippen LogP) is 0.540. The summed E-state index contributed by atoms with van der Waals surface area (Å²) in [4.78, 5) is 31.4. The highest BCUT2D eigenvalue weighted by Gasteiger charge is 2.24. The highest BCUT2D eigenvalue weighted by molar-refractivity contribution is 5.87. The summed E-state index contributed by atoms with van der Waals surface area (Å²) in [5.74, 6) is 1.89. The van der Waals surface area contributed by atoms with Crippen molar-refractivity contribution in [2.24, 2.45) is 0 Å². The van der Waals surface area contributed by atoms with E-state index in [2.05, 4.69) is 10.9 Å². The number of hydrogen-bond donors (Lipinski definition) is 0. The molecule has 8 heteroatoms. The topological polar surface area (TPSA) is 85.1 Å². The molecule has 130 valence electrons. The van der Waals surface area contributed by atoms with E-state index in [0.29, 0.717) is 45.2 Å². The lowest BCUT2D eigenvalue weighted by Gasteiger charge is -2.33. The van der Waals surface area contributed by atoms with Gasteiger partial charge >= 0.3 is 5.97 Å². The summed E-state index contributed by atoms with van der Waals surface area (Å²) in [7, 11) is 0. The fourth-order valence-electron chi connectivity index (χ4n) is 2.30. The van der Waals surface area contributed by atoms with Crippen LogP contribution in [0.25, 0.3) is 0 Å². The van der Waals surface area contributed by atoms with Gasteiger partial charge in [0.1, 0.15) is 12.9 Å². The summed E-state index contributed by atoms with van der Waals surface area (Å²) < 4.78 is 15.3. The Morgan fingerprint density at radius 3 is 2.79 bits per heavy atom. The van der Waals surface area contributed by atoms with Gasteiger partial charge in [0, 0.05) is 26.2 Å². The molecule has 0 N–H and O–H groups in total. The van der Waals surface area contributed by atoms with E-state index in [4.69, 9.17) is 20.3 Å². The Morgan fingerprint density at radius 2 is 2.12 bits per heavy atom. The van der Waals surface area contributed by atoms with Crippen LogP contribution < -0.4 is 4.90 Å². The van der Waals surface area contributed by atoms with Gasteiger partial charge in [0.05, 0.1) is 19.6 Å². The zero-order chi connectivity index (χ0) is 17.4. The first-order chi connectivity index (χ1) is 11.7. The second-order valence-electron chi connectivity index (χ2n) is 5.11. The zero-order valence-electron chi connectivity index (χ0n) is 13.7. The van der Waals surface area contributed by atoms with Crippen LogP contribution in [-0.2, 0) is 14.3 Å². The van der Waals surface area contributed by atoms with Crippen LogP contribution in [0.1, 0.15) is 23.8 Å². The quantitative estimate of drug-likeness (QED) is 0.408. The van der Waals surface area contributed by atoms with E-state index in [9.17, 15) is 9.59 Å². The summed E-state index contributed by atoms with van der Waals surface area (Å²) in [6.07, 6.45) is 6.67. The molecule has 2 heterocycles. The molecule has 1 aliphatic rings. The number of carbonyl (C=O) groups is 2. The monoisotopic (exact) mass is 335 g/mol. The molecule has 0 saturated carbocycles. The van der Waals surface area contributed by atoms with E-state index in [1.54, 1.807) is 11.8 Å². The van der Waals surface area contributed by atoms with Crippen molar-refractivity contribution >= 4 is 17.9 Å². The third-order valence-corrected chi connectivity index (χ3v) is 3.53. The number of esters is 1. The average molecular weight is 335 g/mol. The fourth-order valence-corrected chi connectivity index (χ4v) is 2.30. The number of rotatable bonds is 7. The number of amides is 1. The normalized spacial score (nSPS) is 14.3. The first kappa shape index (κ1) is 17.8. The Balaban J connectivity index is 1.79. The lowest BCUT2D eigenvalue weighted by molar-refractivity contribution is -0.132. The third-order valence-electron chi connectivity index (χ3n) is 3.53. The van der Waals surface area contributed by atoms with Gasteiger partial charge < -0.3 is 23.7 Å². The van der Waals surface area contributed by atoms with Crippen LogP contribution in [0.5, 0.6) is 0 Å². The highest BCUT2D eigenvalue weighted by atomic mass is 16.5. The largest absolute Gasteiger partial charge is 0.461 e. The molecular formula is C16H21N3O5. The number of aromatic nitrogens is 1.